The zero-order chi connectivity index (χ0) is 18.1. The van der Waals surface area contributed by atoms with E-state index in [0.29, 0.717) is 18.1 Å². The lowest BCUT2D eigenvalue weighted by atomic mass is 10.2. The van der Waals surface area contributed by atoms with Crippen molar-refractivity contribution in [3.63, 3.8) is 0 Å². The normalized spacial score (nSPS) is 11.0. The van der Waals surface area contributed by atoms with Crippen LogP contribution in [0.3, 0.4) is 0 Å². The number of halogens is 3. The van der Waals surface area contributed by atoms with Gasteiger partial charge in [0.2, 0.25) is 0 Å². The summed E-state index contributed by atoms with van der Waals surface area (Å²) in [4.78, 5) is 5.15. The van der Waals surface area contributed by atoms with Gasteiger partial charge in [0.05, 0.1) is 0 Å². The number of guanidine groups is 1. The van der Waals surface area contributed by atoms with E-state index < -0.39 is 5.82 Å². The molecular formula is C18H22F2IN3OS. The number of rotatable bonds is 7. The molecule has 26 heavy (non-hydrogen) atoms. The quantitative estimate of drug-likeness (QED) is 0.179. The molecule has 0 aliphatic carbocycles. The van der Waals surface area contributed by atoms with E-state index in [-0.39, 0.29) is 35.5 Å². The van der Waals surface area contributed by atoms with Crippen molar-refractivity contribution in [3.05, 3.63) is 59.7 Å². The van der Waals surface area contributed by atoms with Gasteiger partial charge in [-0.25, -0.2) is 8.78 Å². The highest BCUT2D eigenvalue weighted by atomic mass is 127. The molecule has 2 aromatic carbocycles. The van der Waals surface area contributed by atoms with Crippen molar-refractivity contribution in [2.45, 2.75) is 17.9 Å². The maximum absolute atomic E-state index is 13.3. The van der Waals surface area contributed by atoms with E-state index in [4.69, 9.17) is 0 Å². The number of nitrogens with one attached hydrogen (secondary N) is 2. The van der Waals surface area contributed by atoms with Crippen LogP contribution in [0.5, 0.6) is 5.75 Å². The van der Waals surface area contributed by atoms with Crippen LogP contribution in [0.15, 0.2) is 52.4 Å². The summed E-state index contributed by atoms with van der Waals surface area (Å²) >= 11 is 1.67. The number of phenolic OH excluding ortho intramolecular Hbond substituents is 1. The third kappa shape index (κ3) is 7.77. The first-order valence-corrected chi connectivity index (χ1v) is 8.87. The summed E-state index contributed by atoms with van der Waals surface area (Å²) in [5, 5.41) is 15.5. The highest BCUT2D eigenvalue weighted by Gasteiger charge is 2.03. The Morgan fingerprint density at radius 3 is 2.50 bits per heavy atom. The number of aliphatic imine (C=N–C) groups is 1. The molecule has 0 spiro atoms. The van der Waals surface area contributed by atoms with E-state index in [1.807, 2.05) is 0 Å². The predicted molar refractivity (Wildman–Crippen MR) is 113 cm³/mol. The number of hydrogen-bond donors (Lipinski definition) is 3. The molecule has 0 bridgehead atoms. The maximum Gasteiger partial charge on any atom is 0.191 e. The van der Waals surface area contributed by atoms with E-state index >= 15 is 0 Å². The lowest BCUT2D eigenvalue weighted by Gasteiger charge is -2.12. The molecule has 8 heteroatoms. The fourth-order valence-electron chi connectivity index (χ4n) is 2.07. The third-order valence-corrected chi connectivity index (χ3v) is 4.49. The lowest BCUT2D eigenvalue weighted by molar-refractivity contribution is 0.431. The second-order valence-corrected chi connectivity index (χ2v) is 6.46. The van der Waals surface area contributed by atoms with Crippen LogP contribution in [0.25, 0.3) is 0 Å². The van der Waals surface area contributed by atoms with Gasteiger partial charge in [-0.2, -0.15) is 0 Å². The minimum Gasteiger partial charge on any atom is -0.505 e. The second-order valence-electron chi connectivity index (χ2n) is 5.29. The smallest absolute Gasteiger partial charge is 0.191 e. The van der Waals surface area contributed by atoms with Gasteiger partial charge in [0, 0.05) is 25.0 Å². The van der Waals surface area contributed by atoms with E-state index in [1.54, 1.807) is 37.0 Å². The monoisotopic (exact) mass is 493 g/mol. The molecule has 2 aromatic rings. The SMILES string of the molecule is CN=C(NCCCSc1ccc(F)cc1)NCc1ccc(O)c(F)c1.I. The second kappa shape index (κ2) is 11.9. The minimum absolute atomic E-state index is 0. The minimum atomic E-state index is -0.639. The first kappa shape index (κ1) is 22.5. The number of benzene rings is 2. The van der Waals surface area contributed by atoms with Gasteiger partial charge < -0.3 is 15.7 Å². The Bertz CT molecular complexity index is 714. The predicted octanol–water partition coefficient (Wildman–Crippen LogP) is 4.14. The van der Waals surface area contributed by atoms with Gasteiger partial charge in [0.1, 0.15) is 5.82 Å². The molecule has 0 saturated carbocycles. The molecule has 0 aliphatic rings. The van der Waals surface area contributed by atoms with Gasteiger partial charge in [0.25, 0.3) is 0 Å². The molecule has 0 radical (unpaired) electrons. The van der Waals surface area contributed by atoms with Gasteiger partial charge in [-0.3, -0.25) is 4.99 Å². The van der Waals surface area contributed by atoms with Gasteiger partial charge in [-0.05, 0) is 54.1 Å². The van der Waals surface area contributed by atoms with Crippen molar-refractivity contribution >= 4 is 41.7 Å². The molecule has 0 unspecified atom stereocenters. The van der Waals surface area contributed by atoms with E-state index in [1.165, 1.54) is 24.3 Å². The summed E-state index contributed by atoms with van der Waals surface area (Å²) in [5.41, 5.74) is 0.713. The molecule has 0 amide bonds. The number of thioether (sulfide) groups is 1. The topological polar surface area (TPSA) is 56.7 Å². The maximum atomic E-state index is 13.3. The Kier molecular flexibility index (Phi) is 10.3. The average Bonchev–Trinajstić information content (AvgIpc) is 2.62. The standard InChI is InChI=1S/C18H21F2N3OS.HI/c1-21-18(23-12-13-3-8-17(24)16(20)11-13)22-9-2-10-25-15-6-4-14(19)5-7-15;/h3-8,11,24H,2,9-10,12H2,1H3,(H2,21,22,23);1H. The van der Waals surface area contributed by atoms with Crippen molar-refractivity contribution in [2.24, 2.45) is 4.99 Å². The summed E-state index contributed by atoms with van der Waals surface area (Å²) in [5.74, 6) is 0.304. The van der Waals surface area contributed by atoms with Crippen LogP contribution in [-0.2, 0) is 6.54 Å². The molecule has 2 rings (SSSR count). The van der Waals surface area contributed by atoms with Crippen molar-refractivity contribution in [1.82, 2.24) is 10.6 Å². The molecule has 3 N–H and O–H groups in total. The highest BCUT2D eigenvalue weighted by Crippen LogP contribution is 2.18. The van der Waals surface area contributed by atoms with Crippen molar-refractivity contribution in [3.8, 4) is 5.75 Å². The van der Waals surface area contributed by atoms with Crippen LogP contribution in [-0.4, -0.2) is 30.4 Å². The average molecular weight is 493 g/mol. The zero-order valence-electron chi connectivity index (χ0n) is 14.3. The van der Waals surface area contributed by atoms with Crippen LogP contribution >= 0.6 is 35.7 Å². The number of hydrogen-bond acceptors (Lipinski definition) is 3. The van der Waals surface area contributed by atoms with Crippen molar-refractivity contribution < 1.29 is 13.9 Å². The zero-order valence-corrected chi connectivity index (χ0v) is 17.5. The number of phenols is 1. The fourth-order valence-corrected chi connectivity index (χ4v) is 2.92. The van der Waals surface area contributed by atoms with Gasteiger partial charge >= 0.3 is 0 Å². The first-order chi connectivity index (χ1) is 12.1. The van der Waals surface area contributed by atoms with Crippen LogP contribution in [0.1, 0.15) is 12.0 Å². The highest BCUT2D eigenvalue weighted by molar-refractivity contribution is 14.0. The van der Waals surface area contributed by atoms with E-state index in [2.05, 4.69) is 15.6 Å². The Morgan fingerprint density at radius 2 is 1.85 bits per heavy atom. The Labute approximate surface area is 173 Å². The third-order valence-electron chi connectivity index (χ3n) is 3.39. The Hall–Kier alpha value is -1.55. The molecule has 0 heterocycles. The number of nitrogens with zero attached hydrogens (tertiary/aromatic N) is 1. The van der Waals surface area contributed by atoms with Crippen LogP contribution in [0, 0.1) is 11.6 Å². The molecule has 0 fully saturated rings. The van der Waals surface area contributed by atoms with Gasteiger partial charge in [-0.1, -0.05) is 6.07 Å². The summed E-state index contributed by atoms with van der Waals surface area (Å²) < 4.78 is 26.1. The molecule has 0 aliphatic heterocycles. The van der Waals surface area contributed by atoms with Crippen LogP contribution in [0.4, 0.5) is 8.78 Å². The summed E-state index contributed by atoms with van der Waals surface area (Å²) in [6.45, 7) is 1.14. The number of aromatic hydroxyl groups is 1. The largest absolute Gasteiger partial charge is 0.505 e. The molecule has 4 nitrogen and oxygen atoms in total. The molecule has 142 valence electrons. The summed E-state index contributed by atoms with van der Waals surface area (Å²) in [7, 11) is 1.67. The molecule has 0 atom stereocenters. The Morgan fingerprint density at radius 1 is 1.12 bits per heavy atom. The molecule has 0 saturated heterocycles. The summed E-state index contributed by atoms with van der Waals surface area (Å²) in [6.07, 6.45) is 0.913. The van der Waals surface area contributed by atoms with Crippen molar-refractivity contribution in [1.29, 1.82) is 0 Å². The van der Waals surface area contributed by atoms with Crippen LogP contribution in [0.2, 0.25) is 0 Å². The summed E-state index contributed by atoms with van der Waals surface area (Å²) in [6, 6.07) is 10.7. The molecular weight excluding hydrogens is 471 g/mol. The van der Waals surface area contributed by atoms with E-state index in [9.17, 15) is 13.9 Å². The molecule has 0 aromatic heterocycles. The van der Waals surface area contributed by atoms with E-state index in [0.717, 1.165) is 23.6 Å². The fraction of sp³-hybridized carbons (Fsp3) is 0.278. The van der Waals surface area contributed by atoms with Crippen molar-refractivity contribution in [2.75, 3.05) is 19.3 Å². The van der Waals surface area contributed by atoms with Gasteiger partial charge in [-0.15, -0.1) is 35.7 Å². The Balaban J connectivity index is 0.00000338. The lowest BCUT2D eigenvalue weighted by Crippen LogP contribution is -2.37. The van der Waals surface area contributed by atoms with Crippen LogP contribution < -0.4 is 10.6 Å². The van der Waals surface area contributed by atoms with Gasteiger partial charge in [0.15, 0.2) is 17.5 Å². The first-order valence-electron chi connectivity index (χ1n) is 7.89.